The maximum atomic E-state index is 13.0. The number of Topliss-reactive ketones (excluding diaryl/α,β-unsaturated/α-hetero) is 1. The van der Waals surface area contributed by atoms with Crippen molar-refractivity contribution in [1.29, 1.82) is 0 Å². The Morgan fingerprint density at radius 2 is 1.70 bits per heavy atom. The first kappa shape index (κ1) is 18.4. The Morgan fingerprint density at radius 1 is 1.04 bits per heavy atom. The van der Waals surface area contributed by atoms with E-state index in [2.05, 4.69) is 41.3 Å². The zero-order valence-corrected chi connectivity index (χ0v) is 16.2. The fraction of sp³-hybridized carbons (Fsp3) is 0.458. The number of carbonyl (C=O) groups excluding carboxylic acids is 1. The highest BCUT2D eigenvalue weighted by atomic mass is 16.1. The smallest absolute Gasteiger partial charge is 0.157 e. The summed E-state index contributed by atoms with van der Waals surface area (Å²) in [5.74, 6) is 1.33. The highest BCUT2D eigenvalue weighted by Crippen LogP contribution is 2.34. The molecule has 1 aliphatic heterocycles. The average Bonchev–Trinajstić information content (AvgIpc) is 3.36. The maximum absolute atomic E-state index is 13.0. The molecular formula is C24H30N2O. The van der Waals surface area contributed by atoms with Crippen LogP contribution in [0.3, 0.4) is 0 Å². The van der Waals surface area contributed by atoms with E-state index in [0.717, 1.165) is 31.0 Å². The summed E-state index contributed by atoms with van der Waals surface area (Å²) in [5.41, 5.74) is 9.24. The molecule has 3 heteroatoms. The van der Waals surface area contributed by atoms with Gasteiger partial charge in [0.05, 0.1) is 5.54 Å². The van der Waals surface area contributed by atoms with Crippen LogP contribution in [0.4, 0.5) is 0 Å². The Morgan fingerprint density at radius 3 is 2.37 bits per heavy atom. The van der Waals surface area contributed by atoms with Crippen LogP contribution in [-0.4, -0.2) is 35.9 Å². The summed E-state index contributed by atoms with van der Waals surface area (Å²) in [6.45, 7) is 5.20. The van der Waals surface area contributed by atoms with E-state index in [0.29, 0.717) is 6.42 Å². The van der Waals surface area contributed by atoms with Crippen LogP contribution in [0.5, 0.6) is 0 Å². The molecule has 4 rings (SSSR count). The molecule has 142 valence electrons. The number of likely N-dealkylation sites (tertiary alicyclic amines) is 1. The number of hydrogen-bond donors (Lipinski definition) is 1. The van der Waals surface area contributed by atoms with Gasteiger partial charge in [-0.25, -0.2) is 0 Å². The SMILES string of the molecule is CC(N)(C(=O)Cc1ccc(-c2ccccc2)cc1)C1CCN(CC2CC2)C1. The summed E-state index contributed by atoms with van der Waals surface area (Å²) in [7, 11) is 0. The summed E-state index contributed by atoms with van der Waals surface area (Å²) >= 11 is 0. The van der Waals surface area contributed by atoms with E-state index >= 15 is 0 Å². The molecule has 3 nitrogen and oxygen atoms in total. The van der Waals surface area contributed by atoms with Gasteiger partial charge in [-0.15, -0.1) is 0 Å². The van der Waals surface area contributed by atoms with Gasteiger partial charge in [-0.3, -0.25) is 4.79 Å². The molecule has 0 bridgehead atoms. The van der Waals surface area contributed by atoms with Crippen LogP contribution < -0.4 is 5.73 Å². The Kier molecular flexibility index (Phi) is 5.16. The number of nitrogens with two attached hydrogens (primary N) is 1. The van der Waals surface area contributed by atoms with Gasteiger partial charge in [-0.05, 0) is 61.3 Å². The van der Waals surface area contributed by atoms with Crippen LogP contribution in [0.2, 0.25) is 0 Å². The van der Waals surface area contributed by atoms with Gasteiger partial charge in [0.2, 0.25) is 0 Å². The lowest BCUT2D eigenvalue weighted by atomic mass is 9.80. The summed E-state index contributed by atoms with van der Waals surface area (Å²) in [5, 5.41) is 0. The van der Waals surface area contributed by atoms with Crippen molar-refractivity contribution in [3.8, 4) is 11.1 Å². The normalized spacial score (nSPS) is 22.5. The quantitative estimate of drug-likeness (QED) is 0.812. The second-order valence-corrected chi connectivity index (χ2v) is 8.63. The topological polar surface area (TPSA) is 46.3 Å². The van der Waals surface area contributed by atoms with Gasteiger partial charge in [0.25, 0.3) is 0 Å². The van der Waals surface area contributed by atoms with E-state index in [4.69, 9.17) is 5.73 Å². The fourth-order valence-electron chi connectivity index (χ4n) is 4.20. The first-order valence-corrected chi connectivity index (χ1v) is 10.2. The van der Waals surface area contributed by atoms with Gasteiger partial charge < -0.3 is 10.6 Å². The number of nitrogens with zero attached hydrogens (tertiary/aromatic N) is 1. The van der Waals surface area contributed by atoms with Crippen LogP contribution in [-0.2, 0) is 11.2 Å². The third kappa shape index (κ3) is 4.31. The van der Waals surface area contributed by atoms with E-state index in [9.17, 15) is 4.79 Å². The Bertz CT molecular complexity index is 778. The molecule has 1 saturated heterocycles. The van der Waals surface area contributed by atoms with Crippen molar-refractivity contribution < 1.29 is 4.79 Å². The zero-order chi connectivity index (χ0) is 18.9. The molecule has 0 aromatic heterocycles. The molecule has 1 saturated carbocycles. The first-order chi connectivity index (χ1) is 13.0. The Labute approximate surface area is 162 Å². The van der Waals surface area contributed by atoms with Gasteiger partial charge >= 0.3 is 0 Å². The molecule has 2 aromatic rings. The molecule has 0 amide bonds. The van der Waals surface area contributed by atoms with E-state index in [1.165, 1.54) is 30.5 Å². The number of hydrogen-bond acceptors (Lipinski definition) is 3. The van der Waals surface area contributed by atoms with Crippen LogP contribution in [0, 0.1) is 11.8 Å². The van der Waals surface area contributed by atoms with Gasteiger partial charge in [-0.2, -0.15) is 0 Å². The zero-order valence-electron chi connectivity index (χ0n) is 16.2. The predicted molar refractivity (Wildman–Crippen MR) is 110 cm³/mol. The van der Waals surface area contributed by atoms with E-state index in [1.807, 2.05) is 25.1 Å². The minimum atomic E-state index is -0.740. The lowest BCUT2D eigenvalue weighted by Crippen LogP contribution is -2.53. The van der Waals surface area contributed by atoms with Gasteiger partial charge in [0.15, 0.2) is 5.78 Å². The lowest BCUT2D eigenvalue weighted by Gasteiger charge is -2.30. The van der Waals surface area contributed by atoms with Crippen molar-refractivity contribution in [2.24, 2.45) is 17.6 Å². The van der Waals surface area contributed by atoms with E-state index < -0.39 is 5.54 Å². The summed E-state index contributed by atoms with van der Waals surface area (Å²) in [6, 6.07) is 18.6. The Balaban J connectivity index is 1.37. The molecule has 2 N–H and O–H groups in total. The molecule has 2 aromatic carbocycles. The lowest BCUT2D eigenvalue weighted by molar-refractivity contribution is -0.124. The number of benzene rings is 2. The van der Waals surface area contributed by atoms with E-state index in [-0.39, 0.29) is 11.7 Å². The van der Waals surface area contributed by atoms with Crippen LogP contribution in [0.15, 0.2) is 54.6 Å². The number of carbonyl (C=O) groups is 1. The highest BCUT2D eigenvalue weighted by Gasteiger charge is 2.41. The molecule has 1 aliphatic carbocycles. The maximum Gasteiger partial charge on any atom is 0.157 e. The van der Waals surface area contributed by atoms with Crippen molar-refractivity contribution in [3.05, 3.63) is 60.2 Å². The molecule has 2 aliphatic rings. The number of ketones is 1. The second kappa shape index (κ2) is 7.57. The monoisotopic (exact) mass is 362 g/mol. The molecule has 27 heavy (non-hydrogen) atoms. The van der Waals surface area contributed by atoms with Crippen molar-refractivity contribution in [2.45, 2.75) is 38.1 Å². The first-order valence-electron chi connectivity index (χ1n) is 10.2. The van der Waals surface area contributed by atoms with Crippen molar-refractivity contribution in [2.75, 3.05) is 19.6 Å². The minimum absolute atomic E-state index is 0.160. The molecule has 2 unspecified atom stereocenters. The van der Waals surface area contributed by atoms with Crippen LogP contribution >= 0.6 is 0 Å². The molecule has 1 heterocycles. The summed E-state index contributed by atoms with van der Waals surface area (Å²) < 4.78 is 0. The van der Waals surface area contributed by atoms with Crippen LogP contribution in [0.25, 0.3) is 11.1 Å². The average molecular weight is 363 g/mol. The molecule has 0 radical (unpaired) electrons. The predicted octanol–water partition coefficient (Wildman–Crippen LogP) is 3.91. The third-order valence-electron chi connectivity index (χ3n) is 6.36. The van der Waals surface area contributed by atoms with Crippen molar-refractivity contribution in [1.82, 2.24) is 4.90 Å². The van der Waals surface area contributed by atoms with Gasteiger partial charge in [-0.1, -0.05) is 54.6 Å². The molecule has 2 atom stereocenters. The largest absolute Gasteiger partial charge is 0.319 e. The molecule has 0 spiro atoms. The third-order valence-corrected chi connectivity index (χ3v) is 6.36. The van der Waals surface area contributed by atoms with Crippen molar-refractivity contribution >= 4 is 5.78 Å². The van der Waals surface area contributed by atoms with Gasteiger partial charge in [0.1, 0.15) is 0 Å². The standard InChI is InChI=1S/C24H30N2O/c1-24(25,22-13-14-26(17-22)16-19-7-8-19)23(27)15-18-9-11-21(12-10-18)20-5-3-2-4-6-20/h2-6,9-12,19,22H,7-8,13-17,25H2,1H3. The van der Waals surface area contributed by atoms with Crippen LogP contribution in [0.1, 0.15) is 31.7 Å². The minimum Gasteiger partial charge on any atom is -0.319 e. The number of rotatable bonds is 7. The summed E-state index contributed by atoms with van der Waals surface area (Å²) in [6.07, 6.45) is 4.21. The van der Waals surface area contributed by atoms with Gasteiger partial charge in [0, 0.05) is 19.5 Å². The summed E-state index contributed by atoms with van der Waals surface area (Å²) in [4.78, 5) is 15.5. The Hall–Kier alpha value is -1.97. The molecular weight excluding hydrogens is 332 g/mol. The van der Waals surface area contributed by atoms with Crippen molar-refractivity contribution in [3.63, 3.8) is 0 Å². The second-order valence-electron chi connectivity index (χ2n) is 8.63. The highest BCUT2D eigenvalue weighted by molar-refractivity contribution is 5.90. The fourth-order valence-corrected chi connectivity index (χ4v) is 4.20. The van der Waals surface area contributed by atoms with E-state index in [1.54, 1.807) is 0 Å². The molecule has 2 fully saturated rings.